The fourth-order valence-electron chi connectivity index (χ4n) is 2.98. The predicted molar refractivity (Wildman–Crippen MR) is 116 cm³/mol. The van der Waals surface area contributed by atoms with Crippen LogP contribution in [0.2, 0.25) is 0 Å². The fourth-order valence-corrected chi connectivity index (χ4v) is 3.55. The van der Waals surface area contributed by atoms with Crippen molar-refractivity contribution in [3.63, 3.8) is 0 Å². The molecule has 150 valence electrons. The van der Waals surface area contributed by atoms with Gasteiger partial charge in [0.1, 0.15) is 17.2 Å². The Kier molecular flexibility index (Phi) is 5.54. The number of para-hydroxylation sites is 1. The van der Waals surface area contributed by atoms with E-state index in [0.29, 0.717) is 27.2 Å². The van der Waals surface area contributed by atoms with Crippen molar-refractivity contribution in [2.24, 2.45) is 0 Å². The standard InChI is InChI=1S/C23H16BrNO5/c24-22-17-12-19(25-18(17)10-11-20(22)29-13-21(26)27)23(28)14-6-8-16(9-7-14)30-15-4-2-1-3-5-15/h1-12,25H,13H2,(H,26,27). The van der Waals surface area contributed by atoms with E-state index in [0.717, 1.165) is 16.7 Å². The average molecular weight is 466 g/mol. The summed E-state index contributed by atoms with van der Waals surface area (Å²) < 4.78 is 11.6. The fraction of sp³-hybridized carbons (Fsp3) is 0.0435. The van der Waals surface area contributed by atoms with Gasteiger partial charge in [-0.3, -0.25) is 4.79 Å². The highest BCUT2D eigenvalue weighted by molar-refractivity contribution is 9.10. The summed E-state index contributed by atoms with van der Waals surface area (Å²) in [6, 6.07) is 21.4. The van der Waals surface area contributed by atoms with E-state index < -0.39 is 12.6 Å². The van der Waals surface area contributed by atoms with E-state index in [4.69, 9.17) is 14.6 Å². The van der Waals surface area contributed by atoms with Crippen LogP contribution in [0.5, 0.6) is 17.2 Å². The van der Waals surface area contributed by atoms with Crippen molar-refractivity contribution < 1.29 is 24.2 Å². The molecule has 2 N–H and O–H groups in total. The molecule has 0 radical (unpaired) electrons. The van der Waals surface area contributed by atoms with Crippen LogP contribution in [0.4, 0.5) is 0 Å². The Morgan fingerprint density at radius 2 is 1.63 bits per heavy atom. The summed E-state index contributed by atoms with van der Waals surface area (Å²) in [6.45, 7) is -0.447. The molecule has 0 aliphatic rings. The van der Waals surface area contributed by atoms with Crippen molar-refractivity contribution in [2.75, 3.05) is 6.61 Å². The zero-order valence-corrected chi connectivity index (χ0v) is 17.2. The van der Waals surface area contributed by atoms with Gasteiger partial charge in [-0.2, -0.15) is 0 Å². The molecule has 0 atom stereocenters. The summed E-state index contributed by atoms with van der Waals surface area (Å²) in [5, 5.41) is 9.51. The minimum Gasteiger partial charge on any atom is -0.481 e. The number of benzene rings is 3. The number of nitrogens with one attached hydrogen (secondary N) is 1. The maximum absolute atomic E-state index is 12.9. The predicted octanol–water partition coefficient (Wildman–Crippen LogP) is 5.42. The number of hydrogen-bond acceptors (Lipinski definition) is 4. The number of halogens is 1. The van der Waals surface area contributed by atoms with E-state index in [2.05, 4.69) is 20.9 Å². The number of aromatic nitrogens is 1. The number of ketones is 1. The van der Waals surface area contributed by atoms with E-state index in [9.17, 15) is 9.59 Å². The molecule has 30 heavy (non-hydrogen) atoms. The molecule has 1 aromatic heterocycles. The SMILES string of the molecule is O=C(O)COc1ccc2[nH]c(C(=O)c3ccc(Oc4ccccc4)cc3)cc2c1Br. The molecule has 0 aliphatic carbocycles. The van der Waals surface area contributed by atoms with Crippen LogP contribution in [0.25, 0.3) is 10.9 Å². The van der Waals surface area contributed by atoms with Gasteiger partial charge >= 0.3 is 5.97 Å². The number of carboxylic acids is 1. The van der Waals surface area contributed by atoms with Gasteiger partial charge in [0, 0.05) is 16.5 Å². The summed E-state index contributed by atoms with van der Waals surface area (Å²) in [4.78, 5) is 26.7. The topological polar surface area (TPSA) is 88.6 Å². The number of H-pyrrole nitrogens is 1. The number of carboxylic acid groups (broad SMARTS) is 1. The van der Waals surface area contributed by atoms with Gasteiger partial charge in [0.05, 0.1) is 10.2 Å². The average Bonchev–Trinajstić information content (AvgIpc) is 3.19. The highest BCUT2D eigenvalue weighted by Gasteiger charge is 2.16. The van der Waals surface area contributed by atoms with Crippen LogP contribution in [-0.2, 0) is 4.79 Å². The minimum atomic E-state index is -1.06. The summed E-state index contributed by atoms with van der Waals surface area (Å²) in [5.41, 5.74) is 1.66. The second-order valence-corrected chi connectivity index (χ2v) is 7.27. The van der Waals surface area contributed by atoms with Crippen LogP contribution in [0, 0.1) is 0 Å². The number of hydrogen-bond donors (Lipinski definition) is 2. The Hall–Kier alpha value is -3.58. The van der Waals surface area contributed by atoms with Crippen LogP contribution in [0.3, 0.4) is 0 Å². The molecule has 4 aromatic rings. The van der Waals surface area contributed by atoms with Crippen molar-refractivity contribution in [3.8, 4) is 17.2 Å². The van der Waals surface area contributed by atoms with Gasteiger partial charge in [-0.1, -0.05) is 18.2 Å². The molecule has 6 nitrogen and oxygen atoms in total. The number of rotatable bonds is 7. The molecule has 0 unspecified atom stereocenters. The van der Waals surface area contributed by atoms with E-state index >= 15 is 0 Å². The molecular weight excluding hydrogens is 450 g/mol. The Balaban J connectivity index is 1.55. The first-order chi connectivity index (χ1) is 14.5. The van der Waals surface area contributed by atoms with Gasteiger partial charge in [-0.15, -0.1) is 0 Å². The van der Waals surface area contributed by atoms with E-state index in [1.165, 1.54) is 0 Å². The van der Waals surface area contributed by atoms with Gasteiger partial charge in [-0.05, 0) is 70.5 Å². The van der Waals surface area contributed by atoms with Gasteiger partial charge < -0.3 is 19.6 Å². The maximum Gasteiger partial charge on any atom is 0.341 e. The molecule has 0 fully saturated rings. The highest BCUT2D eigenvalue weighted by Crippen LogP contribution is 2.34. The third-order valence-corrected chi connectivity index (χ3v) is 5.21. The number of ether oxygens (including phenoxy) is 2. The van der Waals surface area contributed by atoms with Crippen LogP contribution in [-0.4, -0.2) is 28.4 Å². The van der Waals surface area contributed by atoms with Crippen molar-refractivity contribution in [3.05, 3.63) is 88.5 Å². The first-order valence-corrected chi connectivity index (χ1v) is 9.84. The maximum atomic E-state index is 12.9. The van der Waals surface area contributed by atoms with Crippen molar-refractivity contribution in [2.45, 2.75) is 0 Å². The molecule has 7 heteroatoms. The molecule has 0 amide bonds. The first kappa shape index (κ1) is 19.7. The highest BCUT2D eigenvalue weighted by atomic mass is 79.9. The monoisotopic (exact) mass is 465 g/mol. The zero-order chi connectivity index (χ0) is 21.1. The van der Waals surface area contributed by atoms with Gasteiger partial charge in [0.15, 0.2) is 6.61 Å². The van der Waals surface area contributed by atoms with E-state index in [-0.39, 0.29) is 5.78 Å². The lowest BCUT2D eigenvalue weighted by molar-refractivity contribution is -0.139. The number of aromatic amines is 1. The zero-order valence-electron chi connectivity index (χ0n) is 15.6. The Bertz CT molecular complexity index is 1220. The summed E-state index contributed by atoms with van der Waals surface area (Å²) in [6.07, 6.45) is 0. The Morgan fingerprint density at radius 3 is 2.33 bits per heavy atom. The van der Waals surface area contributed by atoms with Gasteiger partial charge in [0.25, 0.3) is 0 Å². The summed E-state index contributed by atoms with van der Waals surface area (Å²) in [7, 11) is 0. The lowest BCUT2D eigenvalue weighted by Crippen LogP contribution is -2.09. The second kappa shape index (κ2) is 8.42. The minimum absolute atomic E-state index is 0.169. The third kappa shape index (κ3) is 4.21. The van der Waals surface area contributed by atoms with E-state index in [1.807, 2.05) is 30.3 Å². The third-order valence-electron chi connectivity index (χ3n) is 4.39. The van der Waals surface area contributed by atoms with Crippen LogP contribution in [0.15, 0.2) is 77.3 Å². The molecule has 0 aliphatic heterocycles. The first-order valence-electron chi connectivity index (χ1n) is 9.05. The van der Waals surface area contributed by atoms with Gasteiger partial charge in [0.2, 0.25) is 5.78 Å². The normalized spacial score (nSPS) is 10.7. The number of aliphatic carboxylic acids is 1. The molecule has 3 aromatic carbocycles. The quantitative estimate of drug-likeness (QED) is 0.356. The Labute approximate surface area is 180 Å². The number of carbonyl (C=O) groups excluding carboxylic acids is 1. The molecule has 4 rings (SSSR count). The van der Waals surface area contributed by atoms with Crippen molar-refractivity contribution >= 4 is 38.6 Å². The summed E-state index contributed by atoms with van der Waals surface area (Å²) in [5.74, 6) is 0.518. The summed E-state index contributed by atoms with van der Waals surface area (Å²) >= 11 is 3.43. The Morgan fingerprint density at radius 1 is 0.933 bits per heavy atom. The van der Waals surface area contributed by atoms with Crippen molar-refractivity contribution in [1.82, 2.24) is 4.98 Å². The molecule has 0 saturated carbocycles. The van der Waals surface area contributed by atoms with Gasteiger partial charge in [-0.25, -0.2) is 4.79 Å². The molecule has 1 heterocycles. The molecule has 0 spiro atoms. The smallest absolute Gasteiger partial charge is 0.341 e. The lowest BCUT2D eigenvalue weighted by atomic mass is 10.1. The molecule has 0 saturated heterocycles. The van der Waals surface area contributed by atoms with Crippen LogP contribution in [0.1, 0.15) is 16.1 Å². The van der Waals surface area contributed by atoms with Crippen LogP contribution < -0.4 is 9.47 Å². The molecular formula is C23H16BrNO5. The largest absolute Gasteiger partial charge is 0.481 e. The second-order valence-electron chi connectivity index (χ2n) is 6.47. The van der Waals surface area contributed by atoms with Crippen LogP contribution >= 0.6 is 15.9 Å². The number of carbonyl (C=O) groups is 2. The number of fused-ring (bicyclic) bond motifs is 1. The van der Waals surface area contributed by atoms with E-state index in [1.54, 1.807) is 42.5 Å². The molecule has 0 bridgehead atoms. The lowest BCUT2D eigenvalue weighted by Gasteiger charge is -2.06. The van der Waals surface area contributed by atoms with Crippen molar-refractivity contribution in [1.29, 1.82) is 0 Å².